The van der Waals surface area contributed by atoms with Crippen LogP contribution in [0, 0.1) is 5.41 Å². The molecule has 0 aromatic heterocycles. The lowest BCUT2D eigenvalue weighted by atomic mass is 10.0. The molecular formula is C13H15NO3. The number of carboxylic acids is 1. The number of aromatic carboxylic acids is 1. The van der Waals surface area contributed by atoms with Gasteiger partial charge in [0.2, 0.25) is 5.91 Å². The molecule has 2 rings (SSSR count). The van der Waals surface area contributed by atoms with E-state index in [9.17, 15) is 9.59 Å². The Morgan fingerprint density at radius 1 is 1.41 bits per heavy atom. The molecule has 4 nitrogen and oxygen atoms in total. The van der Waals surface area contributed by atoms with Crippen molar-refractivity contribution in [3.8, 4) is 0 Å². The fourth-order valence-corrected chi connectivity index (χ4v) is 1.89. The van der Waals surface area contributed by atoms with E-state index in [2.05, 4.69) is 5.32 Å². The lowest BCUT2D eigenvalue weighted by molar-refractivity contribution is -0.121. The maximum Gasteiger partial charge on any atom is 0.335 e. The third-order valence-corrected chi connectivity index (χ3v) is 3.38. The Morgan fingerprint density at radius 3 is 2.65 bits per heavy atom. The van der Waals surface area contributed by atoms with Crippen molar-refractivity contribution in [1.82, 2.24) is 0 Å². The number of hydrogen-bond acceptors (Lipinski definition) is 2. The number of rotatable bonds is 4. The molecule has 0 heterocycles. The van der Waals surface area contributed by atoms with E-state index >= 15 is 0 Å². The average Bonchev–Trinajstić information content (AvgIpc) is 3.10. The summed E-state index contributed by atoms with van der Waals surface area (Å²) < 4.78 is 0. The molecule has 1 saturated carbocycles. The number of amides is 1. The number of hydrogen-bond donors (Lipinski definition) is 2. The molecule has 0 saturated heterocycles. The van der Waals surface area contributed by atoms with Gasteiger partial charge in [0.15, 0.2) is 0 Å². The Kier molecular flexibility index (Phi) is 2.88. The maximum atomic E-state index is 12.0. The van der Waals surface area contributed by atoms with E-state index in [0.717, 1.165) is 19.3 Å². The Labute approximate surface area is 99.6 Å². The number of carboxylic acid groups (broad SMARTS) is 1. The molecule has 1 aliphatic rings. The van der Waals surface area contributed by atoms with Gasteiger partial charge in [-0.05, 0) is 37.5 Å². The van der Waals surface area contributed by atoms with Crippen molar-refractivity contribution in [2.24, 2.45) is 5.41 Å². The molecule has 0 spiro atoms. The minimum atomic E-state index is -0.988. The van der Waals surface area contributed by atoms with Crippen LogP contribution in [0.3, 0.4) is 0 Å². The van der Waals surface area contributed by atoms with Crippen molar-refractivity contribution in [3.05, 3.63) is 29.8 Å². The Hall–Kier alpha value is -1.84. The minimum absolute atomic E-state index is 0.00235. The highest BCUT2D eigenvalue weighted by atomic mass is 16.4. The third kappa shape index (κ3) is 2.30. The molecule has 1 aliphatic carbocycles. The Bertz CT molecular complexity index is 463. The summed E-state index contributed by atoms with van der Waals surface area (Å²) in [6, 6.07) is 6.32. The number of anilines is 1. The average molecular weight is 233 g/mol. The predicted molar refractivity (Wildman–Crippen MR) is 64.0 cm³/mol. The quantitative estimate of drug-likeness (QED) is 0.839. The molecule has 0 radical (unpaired) electrons. The van der Waals surface area contributed by atoms with E-state index in [1.807, 2.05) is 6.92 Å². The van der Waals surface area contributed by atoms with Crippen LogP contribution >= 0.6 is 0 Å². The van der Waals surface area contributed by atoms with Crippen LogP contribution in [0.1, 0.15) is 36.5 Å². The normalized spacial score (nSPS) is 16.3. The first kappa shape index (κ1) is 11.6. The van der Waals surface area contributed by atoms with Crippen LogP contribution in [-0.4, -0.2) is 17.0 Å². The van der Waals surface area contributed by atoms with Crippen molar-refractivity contribution in [3.63, 3.8) is 0 Å². The molecular weight excluding hydrogens is 218 g/mol. The van der Waals surface area contributed by atoms with Crippen molar-refractivity contribution >= 4 is 17.6 Å². The maximum absolute atomic E-state index is 12.0. The first-order valence-electron chi connectivity index (χ1n) is 5.72. The van der Waals surface area contributed by atoms with Gasteiger partial charge in [-0.1, -0.05) is 13.0 Å². The SMILES string of the molecule is CCC1(C(=O)Nc2cccc(C(=O)O)c2)CC1. The fourth-order valence-electron chi connectivity index (χ4n) is 1.89. The van der Waals surface area contributed by atoms with Gasteiger partial charge in [-0.2, -0.15) is 0 Å². The zero-order valence-electron chi connectivity index (χ0n) is 9.69. The molecule has 4 heteroatoms. The van der Waals surface area contributed by atoms with Gasteiger partial charge in [0.1, 0.15) is 0 Å². The number of nitrogens with one attached hydrogen (secondary N) is 1. The van der Waals surface area contributed by atoms with Gasteiger partial charge < -0.3 is 10.4 Å². The summed E-state index contributed by atoms with van der Waals surface area (Å²) in [6.45, 7) is 2.00. The van der Waals surface area contributed by atoms with Crippen LogP contribution in [0.4, 0.5) is 5.69 Å². The highest BCUT2D eigenvalue weighted by Crippen LogP contribution is 2.49. The smallest absolute Gasteiger partial charge is 0.335 e. The predicted octanol–water partition coefficient (Wildman–Crippen LogP) is 2.51. The van der Waals surface area contributed by atoms with Crippen LogP contribution in [0.5, 0.6) is 0 Å². The lowest BCUT2D eigenvalue weighted by Crippen LogP contribution is -2.23. The van der Waals surface area contributed by atoms with Crippen molar-refractivity contribution < 1.29 is 14.7 Å². The minimum Gasteiger partial charge on any atom is -0.478 e. The van der Waals surface area contributed by atoms with Crippen LogP contribution in [0.15, 0.2) is 24.3 Å². The highest BCUT2D eigenvalue weighted by Gasteiger charge is 2.47. The zero-order chi connectivity index (χ0) is 12.5. The summed E-state index contributed by atoms with van der Waals surface area (Å²) in [6.07, 6.45) is 2.68. The van der Waals surface area contributed by atoms with Gasteiger partial charge >= 0.3 is 5.97 Å². The molecule has 0 aliphatic heterocycles. The standard InChI is InChI=1S/C13H15NO3/c1-2-13(6-7-13)12(17)14-10-5-3-4-9(8-10)11(15)16/h3-5,8H,2,6-7H2,1H3,(H,14,17)(H,15,16). The van der Waals surface area contributed by atoms with Crippen LogP contribution in [0.25, 0.3) is 0 Å². The second-order valence-corrected chi connectivity index (χ2v) is 4.47. The van der Waals surface area contributed by atoms with Crippen LogP contribution in [0.2, 0.25) is 0 Å². The fraction of sp³-hybridized carbons (Fsp3) is 0.385. The third-order valence-electron chi connectivity index (χ3n) is 3.38. The van der Waals surface area contributed by atoms with Crippen molar-refractivity contribution in [2.75, 3.05) is 5.32 Å². The first-order valence-corrected chi connectivity index (χ1v) is 5.72. The van der Waals surface area contributed by atoms with E-state index in [-0.39, 0.29) is 16.9 Å². The molecule has 1 aromatic carbocycles. The molecule has 1 aromatic rings. The largest absolute Gasteiger partial charge is 0.478 e. The first-order chi connectivity index (χ1) is 8.07. The second-order valence-electron chi connectivity index (χ2n) is 4.47. The molecule has 1 amide bonds. The Morgan fingerprint density at radius 2 is 2.12 bits per heavy atom. The zero-order valence-corrected chi connectivity index (χ0v) is 9.69. The van der Waals surface area contributed by atoms with E-state index in [4.69, 9.17) is 5.11 Å². The summed E-state index contributed by atoms with van der Waals surface area (Å²) in [5.74, 6) is -0.986. The van der Waals surface area contributed by atoms with Gasteiger partial charge in [-0.3, -0.25) is 4.79 Å². The summed E-state index contributed by atoms with van der Waals surface area (Å²) in [4.78, 5) is 22.7. The van der Waals surface area contributed by atoms with E-state index in [1.165, 1.54) is 12.1 Å². The Balaban J connectivity index is 2.11. The van der Waals surface area contributed by atoms with E-state index in [1.54, 1.807) is 12.1 Å². The van der Waals surface area contributed by atoms with Gasteiger partial charge in [-0.15, -0.1) is 0 Å². The molecule has 2 N–H and O–H groups in total. The molecule has 90 valence electrons. The number of carbonyl (C=O) groups excluding carboxylic acids is 1. The summed E-state index contributed by atoms with van der Waals surface area (Å²) in [7, 11) is 0. The van der Waals surface area contributed by atoms with Gasteiger partial charge in [0.05, 0.1) is 5.56 Å². The molecule has 0 atom stereocenters. The van der Waals surface area contributed by atoms with Gasteiger partial charge in [0, 0.05) is 11.1 Å². The lowest BCUT2D eigenvalue weighted by Gasteiger charge is -2.13. The van der Waals surface area contributed by atoms with Crippen LogP contribution in [-0.2, 0) is 4.79 Å². The molecule has 0 bridgehead atoms. The summed E-state index contributed by atoms with van der Waals surface area (Å²) in [5.41, 5.74) is 0.526. The molecule has 0 unspecified atom stereocenters. The van der Waals surface area contributed by atoms with E-state index in [0.29, 0.717) is 5.69 Å². The topological polar surface area (TPSA) is 66.4 Å². The molecule has 1 fully saturated rings. The van der Waals surface area contributed by atoms with Crippen LogP contribution < -0.4 is 5.32 Å². The van der Waals surface area contributed by atoms with Gasteiger partial charge in [-0.25, -0.2) is 4.79 Å². The van der Waals surface area contributed by atoms with Crippen molar-refractivity contribution in [1.29, 1.82) is 0 Å². The number of carbonyl (C=O) groups is 2. The highest BCUT2D eigenvalue weighted by molar-refractivity contribution is 5.98. The molecule has 17 heavy (non-hydrogen) atoms. The van der Waals surface area contributed by atoms with Crippen molar-refractivity contribution in [2.45, 2.75) is 26.2 Å². The second kappa shape index (κ2) is 4.20. The summed E-state index contributed by atoms with van der Waals surface area (Å²) >= 11 is 0. The monoisotopic (exact) mass is 233 g/mol. The van der Waals surface area contributed by atoms with E-state index < -0.39 is 5.97 Å². The number of benzene rings is 1. The van der Waals surface area contributed by atoms with Gasteiger partial charge in [0.25, 0.3) is 0 Å². The summed E-state index contributed by atoms with van der Waals surface area (Å²) in [5, 5.41) is 11.6.